The van der Waals surface area contributed by atoms with Gasteiger partial charge in [-0.1, -0.05) is 41.6 Å². The molecule has 3 aromatic rings. The maximum Gasteiger partial charge on any atom is 0.234 e. The molecular formula is C21H21ClN4O2S. The minimum absolute atomic E-state index is 0.148. The number of methoxy groups -OCH3 is 1. The molecule has 0 saturated heterocycles. The Bertz CT molecular complexity index is 1030. The predicted octanol–water partition coefficient (Wildman–Crippen LogP) is 4.85. The molecule has 1 fully saturated rings. The first kappa shape index (κ1) is 19.8. The monoisotopic (exact) mass is 428 g/mol. The van der Waals surface area contributed by atoms with Gasteiger partial charge in [0.15, 0.2) is 5.16 Å². The first-order valence-corrected chi connectivity index (χ1v) is 10.7. The Hall–Kier alpha value is -2.51. The lowest BCUT2D eigenvalue weighted by Crippen LogP contribution is -2.15. The van der Waals surface area contributed by atoms with Gasteiger partial charge in [-0.2, -0.15) is 0 Å². The maximum absolute atomic E-state index is 12.6. The number of hydrogen-bond donors (Lipinski definition) is 1. The fourth-order valence-corrected chi connectivity index (χ4v) is 3.96. The third-order valence-corrected chi connectivity index (χ3v) is 6.04. The molecular weight excluding hydrogens is 408 g/mol. The van der Waals surface area contributed by atoms with Gasteiger partial charge in [-0.3, -0.25) is 9.36 Å². The van der Waals surface area contributed by atoms with E-state index in [0.29, 0.717) is 27.5 Å². The standard InChI is InChI=1S/C21H21ClN4O2S/c1-13-10-17(18(28-2)11-16(13)22)23-19(27)12-29-21-25-24-20(14-8-9-14)26(21)15-6-4-3-5-7-15/h3-7,10-11,14H,8-9,12H2,1-2H3,(H,23,27). The fraction of sp³-hybridized carbons (Fsp3) is 0.286. The minimum atomic E-state index is -0.148. The average molecular weight is 429 g/mol. The van der Waals surface area contributed by atoms with Crippen molar-refractivity contribution in [2.75, 3.05) is 18.2 Å². The summed E-state index contributed by atoms with van der Waals surface area (Å²) in [6.45, 7) is 1.88. The summed E-state index contributed by atoms with van der Waals surface area (Å²) in [7, 11) is 1.55. The number of benzene rings is 2. The van der Waals surface area contributed by atoms with Crippen molar-refractivity contribution in [1.29, 1.82) is 0 Å². The molecule has 1 heterocycles. The Balaban J connectivity index is 1.50. The second-order valence-corrected chi connectivity index (χ2v) is 8.27. The molecule has 1 amide bonds. The summed E-state index contributed by atoms with van der Waals surface area (Å²) in [6.07, 6.45) is 2.26. The van der Waals surface area contributed by atoms with Gasteiger partial charge in [-0.15, -0.1) is 10.2 Å². The number of rotatable bonds is 7. The molecule has 0 atom stereocenters. The van der Waals surface area contributed by atoms with Crippen LogP contribution in [0.15, 0.2) is 47.6 Å². The zero-order chi connectivity index (χ0) is 20.4. The number of amides is 1. The van der Waals surface area contributed by atoms with Crippen molar-refractivity contribution in [2.24, 2.45) is 0 Å². The summed E-state index contributed by atoms with van der Waals surface area (Å²) in [4.78, 5) is 12.6. The Morgan fingerprint density at radius 1 is 1.28 bits per heavy atom. The first-order valence-electron chi connectivity index (χ1n) is 9.34. The van der Waals surface area contributed by atoms with E-state index in [4.69, 9.17) is 16.3 Å². The van der Waals surface area contributed by atoms with Crippen LogP contribution in [0.5, 0.6) is 5.75 Å². The van der Waals surface area contributed by atoms with Gasteiger partial charge >= 0.3 is 0 Å². The molecule has 0 spiro atoms. The van der Waals surface area contributed by atoms with Gasteiger partial charge in [0.05, 0.1) is 18.6 Å². The van der Waals surface area contributed by atoms with Crippen LogP contribution in [0.2, 0.25) is 5.02 Å². The molecule has 0 unspecified atom stereocenters. The number of carbonyl (C=O) groups is 1. The molecule has 0 bridgehead atoms. The molecule has 29 heavy (non-hydrogen) atoms. The summed E-state index contributed by atoms with van der Waals surface area (Å²) < 4.78 is 7.38. The molecule has 2 aromatic carbocycles. The molecule has 0 radical (unpaired) electrons. The van der Waals surface area contributed by atoms with E-state index in [0.717, 1.165) is 29.9 Å². The van der Waals surface area contributed by atoms with Crippen LogP contribution in [0.25, 0.3) is 5.69 Å². The maximum atomic E-state index is 12.6. The van der Waals surface area contributed by atoms with Crippen molar-refractivity contribution < 1.29 is 9.53 Å². The van der Waals surface area contributed by atoms with Crippen molar-refractivity contribution >= 4 is 35.0 Å². The molecule has 8 heteroatoms. The lowest BCUT2D eigenvalue weighted by molar-refractivity contribution is -0.113. The summed E-state index contributed by atoms with van der Waals surface area (Å²) in [5.74, 6) is 2.01. The van der Waals surface area contributed by atoms with Crippen molar-refractivity contribution in [3.8, 4) is 11.4 Å². The molecule has 4 rings (SSSR count). The van der Waals surface area contributed by atoms with Crippen molar-refractivity contribution in [3.05, 3.63) is 58.9 Å². The molecule has 6 nitrogen and oxygen atoms in total. The number of thioether (sulfide) groups is 1. The second kappa shape index (κ2) is 8.47. The molecule has 150 valence electrons. The Morgan fingerprint density at radius 2 is 2.03 bits per heavy atom. The van der Waals surface area contributed by atoms with Crippen LogP contribution in [-0.2, 0) is 4.79 Å². The van der Waals surface area contributed by atoms with Gasteiger partial charge in [0, 0.05) is 22.7 Å². The third-order valence-electron chi connectivity index (χ3n) is 4.70. The van der Waals surface area contributed by atoms with Gasteiger partial charge in [-0.05, 0) is 43.5 Å². The Kier molecular flexibility index (Phi) is 5.78. The van der Waals surface area contributed by atoms with Crippen molar-refractivity contribution in [3.63, 3.8) is 0 Å². The summed E-state index contributed by atoms with van der Waals surface area (Å²) >= 11 is 7.50. The predicted molar refractivity (Wildman–Crippen MR) is 115 cm³/mol. The van der Waals surface area contributed by atoms with Crippen LogP contribution < -0.4 is 10.1 Å². The highest BCUT2D eigenvalue weighted by molar-refractivity contribution is 7.99. The number of hydrogen-bond acceptors (Lipinski definition) is 5. The number of carbonyl (C=O) groups excluding carboxylic acids is 1. The van der Waals surface area contributed by atoms with E-state index in [-0.39, 0.29) is 11.7 Å². The number of nitrogens with zero attached hydrogens (tertiary/aromatic N) is 3. The molecule has 1 aliphatic rings. The van der Waals surface area contributed by atoms with Crippen LogP contribution >= 0.6 is 23.4 Å². The summed E-state index contributed by atoms with van der Waals surface area (Å²) in [5, 5.41) is 12.9. The number of para-hydroxylation sites is 1. The van der Waals surface area contributed by atoms with Crippen molar-refractivity contribution in [1.82, 2.24) is 14.8 Å². The number of anilines is 1. The fourth-order valence-electron chi connectivity index (χ4n) is 3.05. The molecule has 1 saturated carbocycles. The van der Waals surface area contributed by atoms with Crippen LogP contribution in [0, 0.1) is 6.92 Å². The molecule has 1 aromatic heterocycles. The number of ether oxygens (including phenoxy) is 1. The Labute approximate surface area is 178 Å². The minimum Gasteiger partial charge on any atom is -0.495 e. The molecule has 0 aliphatic heterocycles. The van der Waals surface area contributed by atoms with E-state index in [1.807, 2.05) is 37.3 Å². The van der Waals surface area contributed by atoms with Crippen LogP contribution in [0.3, 0.4) is 0 Å². The first-order chi connectivity index (χ1) is 14.1. The summed E-state index contributed by atoms with van der Waals surface area (Å²) in [5.41, 5.74) is 2.48. The normalized spacial score (nSPS) is 13.3. The average Bonchev–Trinajstić information content (AvgIpc) is 3.49. The summed E-state index contributed by atoms with van der Waals surface area (Å²) in [6, 6.07) is 13.5. The van der Waals surface area contributed by atoms with Crippen LogP contribution in [-0.4, -0.2) is 33.5 Å². The topological polar surface area (TPSA) is 69.0 Å². The molecule has 1 N–H and O–H groups in total. The van der Waals surface area contributed by atoms with E-state index in [1.165, 1.54) is 11.8 Å². The van der Waals surface area contributed by atoms with E-state index in [2.05, 4.69) is 20.1 Å². The van der Waals surface area contributed by atoms with Crippen LogP contribution in [0.1, 0.15) is 30.1 Å². The van der Waals surface area contributed by atoms with Gasteiger partial charge in [-0.25, -0.2) is 0 Å². The van der Waals surface area contributed by atoms with Gasteiger partial charge < -0.3 is 10.1 Å². The Morgan fingerprint density at radius 3 is 2.72 bits per heavy atom. The number of halogens is 1. The third kappa shape index (κ3) is 4.41. The smallest absolute Gasteiger partial charge is 0.234 e. The SMILES string of the molecule is COc1cc(Cl)c(C)cc1NC(=O)CSc1nnc(C2CC2)n1-c1ccccc1. The van der Waals surface area contributed by atoms with Gasteiger partial charge in [0.1, 0.15) is 11.6 Å². The zero-order valence-electron chi connectivity index (χ0n) is 16.2. The highest BCUT2D eigenvalue weighted by Gasteiger charge is 2.31. The highest BCUT2D eigenvalue weighted by atomic mass is 35.5. The number of nitrogens with one attached hydrogen (secondary N) is 1. The van der Waals surface area contributed by atoms with E-state index in [1.54, 1.807) is 19.2 Å². The van der Waals surface area contributed by atoms with Gasteiger partial charge in [0.25, 0.3) is 0 Å². The number of aromatic nitrogens is 3. The van der Waals surface area contributed by atoms with Crippen LogP contribution in [0.4, 0.5) is 5.69 Å². The highest BCUT2D eigenvalue weighted by Crippen LogP contribution is 2.41. The zero-order valence-corrected chi connectivity index (χ0v) is 17.8. The van der Waals surface area contributed by atoms with E-state index < -0.39 is 0 Å². The lowest BCUT2D eigenvalue weighted by atomic mass is 10.2. The van der Waals surface area contributed by atoms with E-state index in [9.17, 15) is 4.79 Å². The van der Waals surface area contributed by atoms with Crippen molar-refractivity contribution in [2.45, 2.75) is 30.8 Å². The quantitative estimate of drug-likeness (QED) is 0.545. The molecule has 1 aliphatic carbocycles. The second-order valence-electron chi connectivity index (χ2n) is 6.92. The van der Waals surface area contributed by atoms with E-state index >= 15 is 0 Å². The largest absolute Gasteiger partial charge is 0.495 e. The van der Waals surface area contributed by atoms with Gasteiger partial charge in [0.2, 0.25) is 5.91 Å². The lowest BCUT2D eigenvalue weighted by Gasteiger charge is -2.12. The number of aryl methyl sites for hydroxylation is 1.